The molecule has 0 aliphatic rings. The molecule has 1 heterocycles. The van der Waals surface area contributed by atoms with E-state index < -0.39 is 6.10 Å². The molecule has 5 heteroatoms. The van der Waals surface area contributed by atoms with E-state index in [9.17, 15) is 5.11 Å². The van der Waals surface area contributed by atoms with Crippen LogP contribution in [-0.2, 0) is 6.54 Å². The lowest BCUT2D eigenvalue weighted by Crippen LogP contribution is -2.12. The van der Waals surface area contributed by atoms with Gasteiger partial charge in [0.1, 0.15) is 6.07 Å². The van der Waals surface area contributed by atoms with Crippen LogP contribution in [0.2, 0.25) is 0 Å². The van der Waals surface area contributed by atoms with E-state index in [1.54, 1.807) is 29.8 Å². The molecule has 0 radical (unpaired) electrons. The van der Waals surface area contributed by atoms with Crippen molar-refractivity contribution in [2.75, 3.05) is 5.73 Å². The van der Waals surface area contributed by atoms with Gasteiger partial charge in [0.15, 0.2) is 5.69 Å². The van der Waals surface area contributed by atoms with E-state index in [1.807, 2.05) is 6.07 Å². The van der Waals surface area contributed by atoms with Crippen molar-refractivity contribution in [1.29, 1.82) is 5.26 Å². The average molecular weight is 216 g/mol. The number of nitriles is 1. The Bertz CT molecular complexity index is 565. The highest BCUT2D eigenvalue weighted by atomic mass is 16.3. The van der Waals surface area contributed by atoms with Gasteiger partial charge in [-0.3, -0.25) is 4.68 Å². The molecule has 0 aliphatic carbocycles. The smallest absolute Gasteiger partial charge is 0.170 e. The molecular formula is C11H12N4O. The van der Waals surface area contributed by atoms with Gasteiger partial charge in [-0.05, 0) is 25.1 Å². The van der Waals surface area contributed by atoms with Gasteiger partial charge in [-0.15, -0.1) is 0 Å². The summed E-state index contributed by atoms with van der Waals surface area (Å²) in [5, 5.41) is 23.1. The molecule has 16 heavy (non-hydrogen) atoms. The Hall–Kier alpha value is -2.06. The van der Waals surface area contributed by atoms with Gasteiger partial charge in [0.05, 0.1) is 18.2 Å². The van der Waals surface area contributed by atoms with E-state index in [0.717, 1.165) is 10.9 Å². The fourth-order valence-corrected chi connectivity index (χ4v) is 1.67. The fraction of sp³-hybridized carbons (Fsp3) is 0.273. The van der Waals surface area contributed by atoms with Crippen molar-refractivity contribution in [2.24, 2.45) is 0 Å². The maximum absolute atomic E-state index is 9.33. The van der Waals surface area contributed by atoms with E-state index in [0.29, 0.717) is 17.9 Å². The molecule has 0 saturated carbocycles. The number of anilines is 1. The molecule has 2 rings (SSSR count). The summed E-state index contributed by atoms with van der Waals surface area (Å²) in [5.74, 6) is 0. The zero-order chi connectivity index (χ0) is 11.7. The van der Waals surface area contributed by atoms with Crippen molar-refractivity contribution in [1.82, 2.24) is 9.78 Å². The number of hydrogen-bond acceptors (Lipinski definition) is 4. The van der Waals surface area contributed by atoms with E-state index in [2.05, 4.69) is 5.10 Å². The summed E-state index contributed by atoms with van der Waals surface area (Å²) in [4.78, 5) is 0. The highest BCUT2D eigenvalue weighted by Gasteiger charge is 2.11. The first-order chi connectivity index (χ1) is 7.61. The van der Waals surface area contributed by atoms with Crippen LogP contribution in [0, 0.1) is 11.3 Å². The molecule has 0 bridgehead atoms. The molecule has 0 unspecified atom stereocenters. The summed E-state index contributed by atoms with van der Waals surface area (Å²) < 4.78 is 1.62. The topological polar surface area (TPSA) is 87.9 Å². The fourth-order valence-electron chi connectivity index (χ4n) is 1.67. The molecule has 0 saturated heterocycles. The number of rotatable bonds is 2. The first-order valence-electron chi connectivity index (χ1n) is 4.96. The Morgan fingerprint density at radius 1 is 1.62 bits per heavy atom. The molecular weight excluding hydrogens is 204 g/mol. The van der Waals surface area contributed by atoms with Crippen LogP contribution >= 0.6 is 0 Å². The number of nitrogens with zero attached hydrogens (tertiary/aromatic N) is 3. The van der Waals surface area contributed by atoms with Crippen LogP contribution in [0.5, 0.6) is 0 Å². The maximum Gasteiger partial charge on any atom is 0.170 e. The third-order valence-corrected chi connectivity index (χ3v) is 2.32. The van der Waals surface area contributed by atoms with Crippen molar-refractivity contribution in [2.45, 2.75) is 19.6 Å². The molecule has 0 amide bonds. The second kappa shape index (κ2) is 3.83. The number of aliphatic hydroxyl groups is 1. The molecule has 1 aromatic carbocycles. The van der Waals surface area contributed by atoms with Crippen molar-refractivity contribution in [3.05, 3.63) is 23.9 Å². The highest BCUT2D eigenvalue weighted by Crippen LogP contribution is 2.21. The van der Waals surface area contributed by atoms with Crippen molar-refractivity contribution in [3.63, 3.8) is 0 Å². The Morgan fingerprint density at radius 2 is 2.38 bits per heavy atom. The number of nitrogens with two attached hydrogens (primary N) is 1. The summed E-state index contributed by atoms with van der Waals surface area (Å²) in [6.07, 6.45) is -0.507. The predicted molar refractivity (Wildman–Crippen MR) is 60.5 cm³/mol. The number of aromatic nitrogens is 2. The van der Waals surface area contributed by atoms with Gasteiger partial charge in [0.2, 0.25) is 0 Å². The molecule has 1 aromatic heterocycles. The van der Waals surface area contributed by atoms with Gasteiger partial charge in [-0.1, -0.05) is 0 Å². The standard InChI is InChI=1S/C11H12N4O/c1-7(16)6-15-11-3-2-8(13)4-9(11)10(5-12)14-15/h2-4,7,16H,6,13H2,1H3/t7-/m1/s1. The van der Waals surface area contributed by atoms with Crippen LogP contribution in [0.25, 0.3) is 10.9 Å². The third-order valence-electron chi connectivity index (χ3n) is 2.32. The number of fused-ring (bicyclic) bond motifs is 1. The largest absolute Gasteiger partial charge is 0.399 e. The number of nitrogen functional groups attached to an aromatic ring is 1. The molecule has 3 N–H and O–H groups in total. The van der Waals surface area contributed by atoms with Crippen LogP contribution < -0.4 is 5.73 Å². The Kier molecular flexibility index (Phi) is 2.50. The van der Waals surface area contributed by atoms with Gasteiger partial charge in [-0.25, -0.2) is 0 Å². The van der Waals surface area contributed by atoms with Crippen molar-refractivity contribution in [3.8, 4) is 6.07 Å². The summed E-state index contributed by atoms with van der Waals surface area (Å²) in [5.41, 5.74) is 7.41. The summed E-state index contributed by atoms with van der Waals surface area (Å²) in [6, 6.07) is 7.30. The molecule has 0 spiro atoms. The maximum atomic E-state index is 9.33. The summed E-state index contributed by atoms with van der Waals surface area (Å²) in [6.45, 7) is 2.04. The minimum absolute atomic E-state index is 0.336. The second-order valence-electron chi connectivity index (χ2n) is 3.77. The SMILES string of the molecule is C[C@@H](O)Cn1nc(C#N)c2cc(N)ccc21. The summed E-state index contributed by atoms with van der Waals surface area (Å²) in [7, 11) is 0. The van der Waals surface area contributed by atoms with Gasteiger partial charge in [0, 0.05) is 11.1 Å². The first-order valence-corrected chi connectivity index (χ1v) is 4.96. The zero-order valence-electron chi connectivity index (χ0n) is 8.88. The van der Waals surface area contributed by atoms with E-state index in [-0.39, 0.29) is 0 Å². The number of benzene rings is 1. The van der Waals surface area contributed by atoms with Crippen LogP contribution in [0.15, 0.2) is 18.2 Å². The highest BCUT2D eigenvalue weighted by molar-refractivity contribution is 5.86. The Balaban J connectivity index is 2.64. The van der Waals surface area contributed by atoms with Gasteiger partial charge < -0.3 is 10.8 Å². The quantitative estimate of drug-likeness (QED) is 0.729. The van der Waals surface area contributed by atoms with E-state index in [4.69, 9.17) is 11.0 Å². The van der Waals surface area contributed by atoms with Crippen LogP contribution in [0.4, 0.5) is 5.69 Å². The Morgan fingerprint density at radius 3 is 3.00 bits per heavy atom. The lowest BCUT2D eigenvalue weighted by Gasteiger charge is -2.05. The average Bonchev–Trinajstić information content (AvgIpc) is 2.55. The lowest BCUT2D eigenvalue weighted by atomic mass is 10.2. The molecule has 5 nitrogen and oxygen atoms in total. The third kappa shape index (κ3) is 1.71. The van der Waals surface area contributed by atoms with Gasteiger partial charge in [-0.2, -0.15) is 10.4 Å². The first kappa shape index (κ1) is 10.5. The molecule has 1 atom stereocenters. The van der Waals surface area contributed by atoms with E-state index >= 15 is 0 Å². The van der Waals surface area contributed by atoms with Crippen LogP contribution in [0.1, 0.15) is 12.6 Å². The molecule has 2 aromatic rings. The monoisotopic (exact) mass is 216 g/mol. The number of aliphatic hydroxyl groups excluding tert-OH is 1. The minimum atomic E-state index is -0.507. The number of hydrogen-bond donors (Lipinski definition) is 2. The van der Waals surface area contributed by atoms with Crippen molar-refractivity contribution < 1.29 is 5.11 Å². The summed E-state index contributed by atoms with van der Waals surface area (Å²) >= 11 is 0. The molecule has 0 fully saturated rings. The zero-order valence-corrected chi connectivity index (χ0v) is 8.88. The second-order valence-corrected chi connectivity index (χ2v) is 3.77. The van der Waals surface area contributed by atoms with Crippen LogP contribution in [-0.4, -0.2) is 21.0 Å². The van der Waals surface area contributed by atoms with E-state index in [1.165, 1.54) is 0 Å². The van der Waals surface area contributed by atoms with Gasteiger partial charge >= 0.3 is 0 Å². The molecule has 82 valence electrons. The molecule has 0 aliphatic heterocycles. The predicted octanol–water partition coefficient (Wildman–Crippen LogP) is 0.871. The normalized spacial score (nSPS) is 12.6. The van der Waals surface area contributed by atoms with Crippen molar-refractivity contribution >= 4 is 16.6 Å². The Labute approximate surface area is 92.7 Å². The van der Waals surface area contributed by atoms with Gasteiger partial charge in [0.25, 0.3) is 0 Å². The lowest BCUT2D eigenvalue weighted by molar-refractivity contribution is 0.170. The van der Waals surface area contributed by atoms with Crippen LogP contribution in [0.3, 0.4) is 0 Å². The minimum Gasteiger partial charge on any atom is -0.399 e.